The summed E-state index contributed by atoms with van der Waals surface area (Å²) in [5.74, 6) is -0.261. The van der Waals surface area contributed by atoms with Crippen molar-refractivity contribution in [3.05, 3.63) is 54.0 Å². The van der Waals surface area contributed by atoms with Gasteiger partial charge in [0.05, 0.1) is 5.69 Å². The molecule has 0 amide bonds. The lowest BCUT2D eigenvalue weighted by molar-refractivity contribution is 0.299. The number of nitrogens with zero attached hydrogens (tertiary/aromatic N) is 1. The highest BCUT2D eigenvalue weighted by atomic mass is 19.1. The van der Waals surface area contributed by atoms with Crippen molar-refractivity contribution in [1.82, 2.24) is 4.98 Å². The zero-order chi connectivity index (χ0) is 11.4. The second-order valence-electron chi connectivity index (χ2n) is 3.49. The molecule has 2 nitrogen and oxygen atoms in total. The molecule has 0 atom stereocenters. The van der Waals surface area contributed by atoms with E-state index in [2.05, 4.69) is 4.98 Å². The molecule has 0 bridgehead atoms. The van der Waals surface area contributed by atoms with Crippen LogP contribution in [-0.2, 0) is 6.42 Å². The molecule has 2 aromatic rings. The van der Waals surface area contributed by atoms with Gasteiger partial charge in [-0.1, -0.05) is 6.07 Å². The Morgan fingerprint density at radius 2 is 1.88 bits per heavy atom. The molecule has 0 saturated heterocycles. The highest BCUT2D eigenvalue weighted by Crippen LogP contribution is 2.21. The Morgan fingerprint density at radius 1 is 1.12 bits per heavy atom. The number of aliphatic hydroxyl groups excluding tert-OH is 1. The third-order valence-corrected chi connectivity index (χ3v) is 2.39. The lowest BCUT2D eigenvalue weighted by Crippen LogP contribution is -1.96. The number of hydrogen-bond acceptors (Lipinski definition) is 2. The van der Waals surface area contributed by atoms with E-state index < -0.39 is 0 Å². The summed E-state index contributed by atoms with van der Waals surface area (Å²) in [5.41, 5.74) is 2.64. The van der Waals surface area contributed by atoms with E-state index >= 15 is 0 Å². The summed E-state index contributed by atoms with van der Waals surface area (Å²) in [6, 6.07) is 9.95. The van der Waals surface area contributed by atoms with Gasteiger partial charge in [-0.05, 0) is 42.3 Å². The fraction of sp³-hybridized carbons (Fsp3) is 0.154. The van der Waals surface area contributed by atoms with Crippen LogP contribution in [0.2, 0.25) is 0 Å². The van der Waals surface area contributed by atoms with Crippen LogP contribution in [0.4, 0.5) is 4.39 Å². The molecular weight excluding hydrogens is 205 g/mol. The Labute approximate surface area is 93.4 Å². The van der Waals surface area contributed by atoms with Gasteiger partial charge in [0, 0.05) is 18.4 Å². The van der Waals surface area contributed by atoms with Crippen molar-refractivity contribution in [2.75, 3.05) is 6.61 Å². The molecule has 3 heteroatoms. The molecule has 0 fully saturated rings. The summed E-state index contributed by atoms with van der Waals surface area (Å²) < 4.78 is 12.8. The van der Waals surface area contributed by atoms with Gasteiger partial charge in [0.15, 0.2) is 0 Å². The van der Waals surface area contributed by atoms with E-state index in [1.807, 2.05) is 12.1 Å². The molecule has 2 rings (SSSR count). The number of pyridine rings is 1. The second-order valence-corrected chi connectivity index (χ2v) is 3.49. The monoisotopic (exact) mass is 217 g/mol. The van der Waals surface area contributed by atoms with Crippen LogP contribution in [-0.4, -0.2) is 16.7 Å². The first kappa shape index (κ1) is 10.8. The summed E-state index contributed by atoms with van der Waals surface area (Å²) in [5, 5.41) is 8.95. The average Bonchev–Trinajstić information content (AvgIpc) is 2.32. The highest BCUT2D eigenvalue weighted by Gasteiger charge is 2.05. The molecule has 82 valence electrons. The maximum atomic E-state index is 12.8. The minimum absolute atomic E-state index is 0.0832. The largest absolute Gasteiger partial charge is 0.396 e. The molecule has 0 aliphatic carbocycles. The molecule has 1 N–H and O–H groups in total. The van der Waals surface area contributed by atoms with Crippen molar-refractivity contribution in [1.29, 1.82) is 0 Å². The van der Waals surface area contributed by atoms with Crippen LogP contribution in [0.25, 0.3) is 11.3 Å². The number of rotatable bonds is 3. The summed E-state index contributed by atoms with van der Waals surface area (Å²) in [7, 11) is 0. The standard InChI is InChI=1S/C13H12FNO/c14-12-5-3-11(4-6-12)13-10(7-9-16)2-1-8-15-13/h1-6,8,16H,7,9H2. The normalized spacial score (nSPS) is 10.4. The molecule has 1 aromatic heterocycles. The Hall–Kier alpha value is -1.74. The van der Waals surface area contributed by atoms with Crippen LogP contribution in [0.3, 0.4) is 0 Å². The molecule has 0 radical (unpaired) electrons. The molecule has 0 saturated carbocycles. The fourth-order valence-electron chi connectivity index (χ4n) is 1.63. The molecule has 1 aromatic carbocycles. The second kappa shape index (κ2) is 4.86. The number of benzene rings is 1. The predicted molar refractivity (Wildman–Crippen MR) is 60.4 cm³/mol. The number of aliphatic hydroxyl groups is 1. The van der Waals surface area contributed by atoms with Crippen molar-refractivity contribution in [3.63, 3.8) is 0 Å². The molecule has 16 heavy (non-hydrogen) atoms. The van der Waals surface area contributed by atoms with Crippen LogP contribution >= 0.6 is 0 Å². The maximum absolute atomic E-state index is 12.8. The molecular formula is C13H12FNO. The van der Waals surface area contributed by atoms with E-state index in [1.165, 1.54) is 12.1 Å². The smallest absolute Gasteiger partial charge is 0.123 e. The third-order valence-electron chi connectivity index (χ3n) is 2.39. The number of hydrogen-bond donors (Lipinski definition) is 1. The van der Waals surface area contributed by atoms with Crippen LogP contribution < -0.4 is 0 Å². The van der Waals surface area contributed by atoms with Crippen molar-refractivity contribution in [2.24, 2.45) is 0 Å². The van der Waals surface area contributed by atoms with Crippen LogP contribution in [0.1, 0.15) is 5.56 Å². The van der Waals surface area contributed by atoms with Crippen LogP contribution in [0.5, 0.6) is 0 Å². The minimum atomic E-state index is -0.261. The fourth-order valence-corrected chi connectivity index (χ4v) is 1.63. The van der Waals surface area contributed by atoms with Gasteiger partial charge in [0.2, 0.25) is 0 Å². The zero-order valence-corrected chi connectivity index (χ0v) is 8.73. The highest BCUT2D eigenvalue weighted by molar-refractivity contribution is 5.62. The van der Waals surface area contributed by atoms with E-state index in [1.54, 1.807) is 18.3 Å². The van der Waals surface area contributed by atoms with E-state index in [9.17, 15) is 4.39 Å². The number of aromatic nitrogens is 1. The van der Waals surface area contributed by atoms with Gasteiger partial charge in [-0.15, -0.1) is 0 Å². The Morgan fingerprint density at radius 3 is 2.56 bits per heavy atom. The first-order valence-electron chi connectivity index (χ1n) is 5.12. The quantitative estimate of drug-likeness (QED) is 0.856. The van der Waals surface area contributed by atoms with Crippen molar-refractivity contribution in [3.8, 4) is 11.3 Å². The van der Waals surface area contributed by atoms with Gasteiger partial charge in [-0.25, -0.2) is 4.39 Å². The van der Waals surface area contributed by atoms with Gasteiger partial charge >= 0.3 is 0 Å². The van der Waals surface area contributed by atoms with Gasteiger partial charge in [0.25, 0.3) is 0 Å². The minimum Gasteiger partial charge on any atom is -0.396 e. The zero-order valence-electron chi connectivity index (χ0n) is 8.73. The molecule has 1 heterocycles. The van der Waals surface area contributed by atoms with Gasteiger partial charge in [-0.3, -0.25) is 4.98 Å². The first-order valence-corrected chi connectivity index (χ1v) is 5.12. The van der Waals surface area contributed by atoms with Crippen molar-refractivity contribution in [2.45, 2.75) is 6.42 Å². The summed E-state index contributed by atoms with van der Waals surface area (Å²) in [6.45, 7) is 0.0832. The van der Waals surface area contributed by atoms with E-state index in [4.69, 9.17) is 5.11 Å². The Bertz CT molecular complexity index is 468. The van der Waals surface area contributed by atoms with E-state index in [0.29, 0.717) is 6.42 Å². The SMILES string of the molecule is OCCc1cccnc1-c1ccc(F)cc1. The summed E-state index contributed by atoms with van der Waals surface area (Å²) >= 11 is 0. The van der Waals surface area contributed by atoms with Crippen LogP contribution in [0, 0.1) is 5.82 Å². The first-order chi connectivity index (χ1) is 7.81. The topological polar surface area (TPSA) is 33.1 Å². The van der Waals surface area contributed by atoms with Gasteiger partial charge in [-0.2, -0.15) is 0 Å². The molecule has 0 spiro atoms. The molecule has 0 unspecified atom stereocenters. The van der Waals surface area contributed by atoms with Gasteiger partial charge < -0.3 is 5.11 Å². The van der Waals surface area contributed by atoms with E-state index in [0.717, 1.165) is 16.8 Å². The molecule has 0 aliphatic heterocycles. The Balaban J connectivity index is 2.42. The van der Waals surface area contributed by atoms with Gasteiger partial charge in [0.1, 0.15) is 5.82 Å². The summed E-state index contributed by atoms with van der Waals surface area (Å²) in [6.07, 6.45) is 2.25. The van der Waals surface area contributed by atoms with Crippen LogP contribution in [0.15, 0.2) is 42.6 Å². The average molecular weight is 217 g/mol. The third kappa shape index (κ3) is 2.25. The predicted octanol–water partition coefficient (Wildman–Crippen LogP) is 2.42. The van der Waals surface area contributed by atoms with Crippen molar-refractivity contribution < 1.29 is 9.50 Å². The van der Waals surface area contributed by atoms with E-state index in [-0.39, 0.29) is 12.4 Å². The molecule has 0 aliphatic rings. The lowest BCUT2D eigenvalue weighted by atomic mass is 10.0. The number of halogens is 1. The maximum Gasteiger partial charge on any atom is 0.123 e. The van der Waals surface area contributed by atoms with Crippen molar-refractivity contribution >= 4 is 0 Å². The lowest BCUT2D eigenvalue weighted by Gasteiger charge is -2.06. The Kier molecular flexibility index (Phi) is 3.27. The summed E-state index contributed by atoms with van der Waals surface area (Å²) in [4.78, 5) is 4.26.